The van der Waals surface area contributed by atoms with Gasteiger partial charge in [0.15, 0.2) is 0 Å². The molecule has 0 spiro atoms. The number of rotatable bonds is 5. The van der Waals surface area contributed by atoms with E-state index in [0.29, 0.717) is 5.02 Å². The Labute approximate surface area is 175 Å². The minimum atomic E-state index is -3.83. The molecule has 0 radical (unpaired) electrons. The van der Waals surface area contributed by atoms with Crippen LogP contribution < -0.4 is 10.0 Å². The average Bonchev–Trinajstić information content (AvgIpc) is 2.65. The first-order valence-corrected chi connectivity index (χ1v) is 11.6. The molecule has 0 aromatic heterocycles. The molecule has 0 aliphatic heterocycles. The summed E-state index contributed by atoms with van der Waals surface area (Å²) in [4.78, 5) is 12.1. The van der Waals surface area contributed by atoms with Gasteiger partial charge in [0, 0.05) is 16.6 Å². The van der Waals surface area contributed by atoms with Crippen molar-refractivity contribution in [1.29, 1.82) is 0 Å². The van der Waals surface area contributed by atoms with Crippen LogP contribution in [0.3, 0.4) is 0 Å². The molecule has 1 amide bonds. The Bertz CT molecular complexity index is 974. The summed E-state index contributed by atoms with van der Waals surface area (Å²) in [6, 6.07) is 9.60. The predicted molar refractivity (Wildman–Crippen MR) is 112 cm³/mol. The number of hydrogen-bond donors (Lipinski definition) is 2. The van der Waals surface area contributed by atoms with E-state index in [1.165, 1.54) is 24.6 Å². The zero-order valence-electron chi connectivity index (χ0n) is 16.0. The number of benzene rings is 2. The van der Waals surface area contributed by atoms with Crippen LogP contribution in [0.5, 0.6) is 0 Å². The molecular formula is C21H24ClFN2O3S. The van der Waals surface area contributed by atoms with Gasteiger partial charge in [0.05, 0.1) is 10.6 Å². The summed E-state index contributed by atoms with van der Waals surface area (Å²) in [5.74, 6) is -1.35. The number of anilines is 1. The molecule has 0 saturated heterocycles. The lowest BCUT2D eigenvalue weighted by Crippen LogP contribution is -2.35. The van der Waals surface area contributed by atoms with Gasteiger partial charge in [0.2, 0.25) is 10.0 Å². The molecule has 0 heterocycles. The van der Waals surface area contributed by atoms with Crippen molar-refractivity contribution in [3.8, 4) is 0 Å². The summed E-state index contributed by atoms with van der Waals surface area (Å²) in [6.45, 7) is 0. The number of amides is 1. The highest BCUT2D eigenvalue weighted by atomic mass is 35.5. The van der Waals surface area contributed by atoms with Gasteiger partial charge in [-0.2, -0.15) is 0 Å². The van der Waals surface area contributed by atoms with Crippen LogP contribution in [0, 0.1) is 5.82 Å². The molecule has 0 bridgehead atoms. The van der Waals surface area contributed by atoms with E-state index in [0.717, 1.165) is 44.6 Å². The van der Waals surface area contributed by atoms with Crippen molar-refractivity contribution in [2.24, 2.45) is 0 Å². The van der Waals surface area contributed by atoms with Crippen molar-refractivity contribution in [3.05, 3.63) is 58.9 Å². The van der Waals surface area contributed by atoms with Crippen LogP contribution in [0.25, 0.3) is 0 Å². The normalized spacial score (nSPS) is 16.1. The maximum absolute atomic E-state index is 14.5. The monoisotopic (exact) mass is 438 g/mol. The lowest BCUT2D eigenvalue weighted by Gasteiger charge is -2.21. The van der Waals surface area contributed by atoms with E-state index in [1.807, 2.05) is 0 Å². The van der Waals surface area contributed by atoms with Crippen LogP contribution in [0.1, 0.15) is 55.3 Å². The maximum atomic E-state index is 14.5. The minimum Gasteiger partial charge on any atom is -0.319 e. The van der Waals surface area contributed by atoms with Crippen LogP contribution in [0.2, 0.25) is 5.02 Å². The summed E-state index contributed by atoms with van der Waals surface area (Å²) in [7, 11) is -3.83. The van der Waals surface area contributed by atoms with Crippen molar-refractivity contribution < 1.29 is 17.6 Å². The molecule has 0 unspecified atom stereocenters. The average molecular weight is 439 g/mol. The van der Waals surface area contributed by atoms with E-state index in [1.54, 1.807) is 18.2 Å². The number of nitrogens with one attached hydrogen (secondary N) is 2. The minimum absolute atomic E-state index is 0.0973. The summed E-state index contributed by atoms with van der Waals surface area (Å²) in [5, 5.41) is 2.83. The first-order chi connectivity index (χ1) is 13.8. The van der Waals surface area contributed by atoms with Gasteiger partial charge in [0.1, 0.15) is 5.82 Å². The van der Waals surface area contributed by atoms with Gasteiger partial charge in [-0.15, -0.1) is 0 Å². The Morgan fingerprint density at radius 3 is 2.34 bits per heavy atom. The Morgan fingerprint density at radius 2 is 1.69 bits per heavy atom. The van der Waals surface area contributed by atoms with Crippen molar-refractivity contribution in [2.75, 3.05) is 5.32 Å². The van der Waals surface area contributed by atoms with Crippen LogP contribution in [-0.4, -0.2) is 20.4 Å². The molecule has 5 nitrogen and oxygen atoms in total. The zero-order valence-corrected chi connectivity index (χ0v) is 17.5. The van der Waals surface area contributed by atoms with Gasteiger partial charge in [-0.1, -0.05) is 49.8 Å². The second kappa shape index (κ2) is 9.69. The smallest absolute Gasteiger partial charge is 0.255 e. The largest absolute Gasteiger partial charge is 0.319 e. The first-order valence-electron chi connectivity index (χ1n) is 9.74. The molecule has 29 heavy (non-hydrogen) atoms. The van der Waals surface area contributed by atoms with Crippen LogP contribution in [0.15, 0.2) is 47.4 Å². The number of carbonyl (C=O) groups is 1. The van der Waals surface area contributed by atoms with E-state index in [9.17, 15) is 17.6 Å². The lowest BCUT2D eigenvalue weighted by atomic mass is 9.97. The van der Waals surface area contributed by atoms with E-state index in [2.05, 4.69) is 10.0 Å². The van der Waals surface area contributed by atoms with Gasteiger partial charge < -0.3 is 5.32 Å². The fraction of sp³-hybridized carbons (Fsp3) is 0.381. The standard InChI is InChI=1S/C21H24ClFN2O3S/c22-16-8-6-7-15(13-16)21(26)24-20-12-11-18(14-19(20)23)29(27,28)25-17-9-4-2-1-3-5-10-17/h6-8,11-14,17,25H,1-5,9-10H2,(H,24,26). The van der Waals surface area contributed by atoms with Crippen molar-refractivity contribution >= 4 is 33.2 Å². The zero-order chi connectivity index (χ0) is 20.9. The van der Waals surface area contributed by atoms with Crippen LogP contribution >= 0.6 is 11.6 Å². The summed E-state index contributed by atoms with van der Waals surface area (Å²) >= 11 is 5.87. The molecule has 1 aliphatic rings. The third-order valence-electron chi connectivity index (χ3n) is 5.01. The summed E-state index contributed by atoms with van der Waals surface area (Å²) in [5.41, 5.74) is 0.180. The highest BCUT2D eigenvalue weighted by molar-refractivity contribution is 7.89. The molecule has 2 aromatic rings. The predicted octanol–water partition coefficient (Wildman–Crippen LogP) is 5.12. The third-order valence-corrected chi connectivity index (χ3v) is 6.77. The SMILES string of the molecule is O=C(Nc1ccc(S(=O)(=O)NC2CCCCCCC2)cc1F)c1cccc(Cl)c1. The fourth-order valence-corrected chi connectivity index (χ4v) is 4.96. The van der Waals surface area contributed by atoms with Crippen molar-refractivity contribution in [2.45, 2.75) is 55.9 Å². The number of sulfonamides is 1. The number of halogens is 2. The van der Waals surface area contributed by atoms with Crippen LogP contribution in [-0.2, 0) is 10.0 Å². The highest BCUT2D eigenvalue weighted by Crippen LogP contribution is 2.23. The highest BCUT2D eigenvalue weighted by Gasteiger charge is 2.22. The Hall–Kier alpha value is -1.96. The third kappa shape index (κ3) is 6.01. The van der Waals surface area contributed by atoms with Gasteiger partial charge in [-0.05, 0) is 49.2 Å². The van der Waals surface area contributed by atoms with Gasteiger partial charge in [-0.25, -0.2) is 17.5 Å². The molecule has 1 fully saturated rings. The molecule has 2 aromatic carbocycles. The van der Waals surface area contributed by atoms with E-state index in [-0.39, 0.29) is 22.2 Å². The molecule has 1 aliphatic carbocycles. The van der Waals surface area contributed by atoms with E-state index < -0.39 is 21.7 Å². The molecular weight excluding hydrogens is 415 g/mol. The molecule has 3 rings (SSSR count). The maximum Gasteiger partial charge on any atom is 0.255 e. The van der Waals surface area contributed by atoms with E-state index in [4.69, 9.17) is 11.6 Å². The second-order valence-electron chi connectivity index (χ2n) is 7.27. The molecule has 2 N–H and O–H groups in total. The second-order valence-corrected chi connectivity index (χ2v) is 9.42. The summed E-state index contributed by atoms with van der Waals surface area (Å²) in [6.07, 6.45) is 6.94. The molecule has 156 valence electrons. The van der Waals surface area contributed by atoms with Gasteiger partial charge in [0.25, 0.3) is 5.91 Å². The fourth-order valence-electron chi connectivity index (χ4n) is 3.45. The molecule has 1 saturated carbocycles. The molecule has 8 heteroatoms. The Morgan fingerprint density at radius 1 is 1.00 bits per heavy atom. The summed E-state index contributed by atoms with van der Waals surface area (Å²) < 4.78 is 42.5. The first kappa shape index (κ1) is 21.7. The van der Waals surface area contributed by atoms with Crippen LogP contribution in [0.4, 0.5) is 10.1 Å². The van der Waals surface area contributed by atoms with Crippen molar-refractivity contribution in [1.82, 2.24) is 4.72 Å². The lowest BCUT2D eigenvalue weighted by molar-refractivity contribution is 0.102. The topological polar surface area (TPSA) is 75.3 Å². The van der Waals surface area contributed by atoms with Crippen molar-refractivity contribution in [3.63, 3.8) is 0 Å². The van der Waals surface area contributed by atoms with E-state index >= 15 is 0 Å². The Balaban J connectivity index is 1.71. The molecule has 0 atom stereocenters. The quantitative estimate of drug-likeness (QED) is 0.680. The van der Waals surface area contributed by atoms with Gasteiger partial charge >= 0.3 is 0 Å². The number of carbonyl (C=O) groups excluding carboxylic acids is 1. The number of hydrogen-bond acceptors (Lipinski definition) is 3. The Kier molecular flexibility index (Phi) is 7.27. The van der Waals surface area contributed by atoms with Gasteiger partial charge in [-0.3, -0.25) is 4.79 Å².